The minimum atomic E-state index is -0.670. The van der Waals surface area contributed by atoms with E-state index in [2.05, 4.69) is 4.90 Å². The second kappa shape index (κ2) is 5.32. The molecule has 1 fully saturated rings. The number of rotatable bonds is 5. The van der Waals surface area contributed by atoms with Gasteiger partial charge in [-0.3, -0.25) is 9.69 Å². The first-order chi connectivity index (χ1) is 6.65. The zero-order valence-corrected chi connectivity index (χ0v) is 8.90. The summed E-state index contributed by atoms with van der Waals surface area (Å²) in [5, 5.41) is 8.92. The van der Waals surface area contributed by atoms with Gasteiger partial charge in [0.1, 0.15) is 0 Å². The van der Waals surface area contributed by atoms with Crippen molar-refractivity contribution in [1.29, 1.82) is 0 Å². The van der Waals surface area contributed by atoms with Crippen molar-refractivity contribution in [1.82, 2.24) is 4.90 Å². The summed E-state index contributed by atoms with van der Waals surface area (Å²) in [7, 11) is 0. The van der Waals surface area contributed by atoms with E-state index in [9.17, 15) is 4.79 Å². The summed E-state index contributed by atoms with van der Waals surface area (Å²) in [6.45, 7) is 7.79. The average Bonchev–Trinajstić information content (AvgIpc) is 2.47. The van der Waals surface area contributed by atoms with E-state index in [4.69, 9.17) is 9.84 Å². The van der Waals surface area contributed by atoms with Gasteiger partial charge in [0.2, 0.25) is 0 Å². The lowest BCUT2D eigenvalue weighted by atomic mass is 9.99. The van der Waals surface area contributed by atoms with Crippen LogP contribution in [0, 0.1) is 11.8 Å². The summed E-state index contributed by atoms with van der Waals surface area (Å²) in [6.07, 6.45) is 0. The number of aliphatic carboxylic acids is 1. The molecule has 82 valence electrons. The molecule has 0 amide bonds. The predicted molar refractivity (Wildman–Crippen MR) is 53.2 cm³/mol. The van der Waals surface area contributed by atoms with Gasteiger partial charge in [0.25, 0.3) is 0 Å². The monoisotopic (exact) mass is 201 g/mol. The Kier molecular flexibility index (Phi) is 4.35. The minimum absolute atomic E-state index is 0.198. The topological polar surface area (TPSA) is 49.8 Å². The third-order valence-electron chi connectivity index (χ3n) is 2.76. The fraction of sp³-hybridized carbons (Fsp3) is 0.900. The van der Waals surface area contributed by atoms with E-state index in [1.165, 1.54) is 0 Å². The van der Waals surface area contributed by atoms with Gasteiger partial charge in [-0.2, -0.15) is 0 Å². The van der Waals surface area contributed by atoms with E-state index in [0.29, 0.717) is 13.2 Å². The summed E-state index contributed by atoms with van der Waals surface area (Å²) in [4.78, 5) is 13.0. The fourth-order valence-electron chi connectivity index (χ4n) is 1.91. The van der Waals surface area contributed by atoms with Crippen molar-refractivity contribution in [3.8, 4) is 0 Å². The van der Waals surface area contributed by atoms with E-state index in [1.54, 1.807) is 0 Å². The quantitative estimate of drug-likeness (QED) is 0.664. The average molecular weight is 201 g/mol. The zero-order chi connectivity index (χ0) is 10.6. The maximum Gasteiger partial charge on any atom is 0.308 e. The first-order valence-electron chi connectivity index (χ1n) is 5.18. The molecule has 4 heteroatoms. The minimum Gasteiger partial charge on any atom is -0.481 e. The molecule has 1 saturated heterocycles. The van der Waals surface area contributed by atoms with Crippen LogP contribution in [0.25, 0.3) is 0 Å². The Hall–Kier alpha value is -0.610. The largest absolute Gasteiger partial charge is 0.481 e. The number of carbonyl (C=O) groups is 1. The summed E-state index contributed by atoms with van der Waals surface area (Å²) in [6, 6.07) is 0. The van der Waals surface area contributed by atoms with E-state index < -0.39 is 5.97 Å². The molecule has 4 nitrogen and oxygen atoms in total. The van der Waals surface area contributed by atoms with Crippen LogP contribution < -0.4 is 0 Å². The van der Waals surface area contributed by atoms with Crippen molar-refractivity contribution >= 4 is 5.97 Å². The highest BCUT2D eigenvalue weighted by Crippen LogP contribution is 2.22. The number of likely N-dealkylation sites (tertiary alicyclic amines) is 1. The van der Waals surface area contributed by atoms with E-state index in [-0.39, 0.29) is 11.8 Å². The van der Waals surface area contributed by atoms with Crippen molar-refractivity contribution in [2.75, 3.05) is 32.8 Å². The molecule has 0 aliphatic carbocycles. The molecule has 1 N–H and O–H groups in total. The van der Waals surface area contributed by atoms with Crippen molar-refractivity contribution in [2.24, 2.45) is 11.8 Å². The molecule has 1 heterocycles. The van der Waals surface area contributed by atoms with Crippen LogP contribution in [0.3, 0.4) is 0 Å². The molecule has 0 aromatic carbocycles. The van der Waals surface area contributed by atoms with Crippen LogP contribution in [0.4, 0.5) is 0 Å². The molecule has 1 aliphatic heterocycles. The predicted octanol–water partition coefficient (Wildman–Crippen LogP) is 0.675. The van der Waals surface area contributed by atoms with Gasteiger partial charge in [-0.05, 0) is 12.8 Å². The lowest BCUT2D eigenvalue weighted by Crippen LogP contribution is -2.26. The van der Waals surface area contributed by atoms with Crippen LogP contribution in [0.5, 0.6) is 0 Å². The second-order valence-electron chi connectivity index (χ2n) is 3.88. The van der Waals surface area contributed by atoms with E-state index in [0.717, 1.165) is 19.7 Å². The first-order valence-corrected chi connectivity index (χ1v) is 5.18. The third-order valence-corrected chi connectivity index (χ3v) is 2.76. The van der Waals surface area contributed by atoms with Crippen molar-refractivity contribution in [2.45, 2.75) is 13.8 Å². The molecule has 0 bridgehead atoms. The zero-order valence-electron chi connectivity index (χ0n) is 8.90. The van der Waals surface area contributed by atoms with Gasteiger partial charge in [-0.1, -0.05) is 6.92 Å². The Balaban J connectivity index is 2.28. The number of hydrogen-bond donors (Lipinski definition) is 1. The molecule has 0 aromatic rings. The summed E-state index contributed by atoms with van der Waals surface area (Å²) < 4.78 is 5.24. The van der Waals surface area contributed by atoms with Gasteiger partial charge < -0.3 is 9.84 Å². The fourth-order valence-corrected chi connectivity index (χ4v) is 1.91. The van der Waals surface area contributed by atoms with Gasteiger partial charge >= 0.3 is 5.97 Å². The maximum atomic E-state index is 10.8. The standard InChI is InChI=1S/C10H19NO3/c1-3-14-5-4-11-6-8(2)9(7-11)10(12)13/h8-9H,3-7H2,1-2H3,(H,12,13)/t8-,9-/m1/s1. The highest BCUT2D eigenvalue weighted by atomic mass is 16.5. The summed E-state index contributed by atoms with van der Waals surface area (Å²) >= 11 is 0. The molecule has 1 rings (SSSR count). The number of carboxylic acid groups (broad SMARTS) is 1. The Morgan fingerprint density at radius 3 is 2.79 bits per heavy atom. The SMILES string of the molecule is CCOCCN1C[C@@H](C)[C@H](C(=O)O)C1. The number of hydrogen-bond acceptors (Lipinski definition) is 3. The van der Waals surface area contributed by atoms with Crippen molar-refractivity contribution < 1.29 is 14.6 Å². The molecular formula is C10H19NO3. The molecule has 0 spiro atoms. The number of nitrogens with zero attached hydrogens (tertiary/aromatic N) is 1. The van der Waals surface area contributed by atoms with Gasteiger partial charge in [0.15, 0.2) is 0 Å². The number of carboxylic acids is 1. The lowest BCUT2D eigenvalue weighted by Gasteiger charge is -2.14. The van der Waals surface area contributed by atoms with Crippen LogP contribution in [0.2, 0.25) is 0 Å². The molecule has 0 saturated carbocycles. The highest BCUT2D eigenvalue weighted by molar-refractivity contribution is 5.71. The Bertz CT molecular complexity index is 196. The second-order valence-corrected chi connectivity index (χ2v) is 3.88. The molecular weight excluding hydrogens is 182 g/mol. The van der Waals surface area contributed by atoms with Gasteiger partial charge in [0.05, 0.1) is 12.5 Å². The number of ether oxygens (including phenoxy) is 1. The van der Waals surface area contributed by atoms with E-state index >= 15 is 0 Å². The molecule has 14 heavy (non-hydrogen) atoms. The highest BCUT2D eigenvalue weighted by Gasteiger charge is 2.34. The summed E-state index contributed by atoms with van der Waals surface area (Å²) in [5.41, 5.74) is 0. The Morgan fingerprint density at radius 2 is 2.29 bits per heavy atom. The molecule has 0 unspecified atom stereocenters. The van der Waals surface area contributed by atoms with E-state index in [1.807, 2.05) is 13.8 Å². The normalized spacial score (nSPS) is 28.1. The van der Waals surface area contributed by atoms with Gasteiger partial charge in [-0.25, -0.2) is 0 Å². The van der Waals surface area contributed by atoms with Gasteiger partial charge in [0, 0.05) is 26.2 Å². The van der Waals surface area contributed by atoms with Crippen molar-refractivity contribution in [3.63, 3.8) is 0 Å². The summed E-state index contributed by atoms with van der Waals surface area (Å²) in [5.74, 6) is -0.609. The smallest absolute Gasteiger partial charge is 0.308 e. The Morgan fingerprint density at radius 1 is 1.57 bits per heavy atom. The molecule has 0 aromatic heterocycles. The Labute approximate surface area is 84.8 Å². The maximum absolute atomic E-state index is 10.8. The van der Waals surface area contributed by atoms with Crippen molar-refractivity contribution in [3.05, 3.63) is 0 Å². The molecule has 0 radical (unpaired) electrons. The van der Waals surface area contributed by atoms with Crippen LogP contribution >= 0.6 is 0 Å². The van der Waals surface area contributed by atoms with Crippen LogP contribution in [0.1, 0.15) is 13.8 Å². The van der Waals surface area contributed by atoms with Crippen LogP contribution in [0.15, 0.2) is 0 Å². The third kappa shape index (κ3) is 2.96. The van der Waals surface area contributed by atoms with Crippen LogP contribution in [-0.4, -0.2) is 48.8 Å². The first kappa shape index (κ1) is 11.5. The lowest BCUT2D eigenvalue weighted by molar-refractivity contribution is -0.142. The van der Waals surface area contributed by atoms with Crippen LogP contribution in [-0.2, 0) is 9.53 Å². The molecule has 2 atom stereocenters. The molecule has 1 aliphatic rings. The van der Waals surface area contributed by atoms with Gasteiger partial charge in [-0.15, -0.1) is 0 Å².